The number of halogens is 1. The lowest BCUT2D eigenvalue weighted by Gasteiger charge is -2.40. The third-order valence-corrected chi connectivity index (χ3v) is 6.95. The Morgan fingerprint density at radius 1 is 0.914 bits per heavy atom. The fourth-order valence-corrected chi connectivity index (χ4v) is 4.94. The van der Waals surface area contributed by atoms with Gasteiger partial charge in [0.2, 0.25) is 5.91 Å². The molecule has 3 aromatic rings. The van der Waals surface area contributed by atoms with E-state index in [-0.39, 0.29) is 17.8 Å². The summed E-state index contributed by atoms with van der Waals surface area (Å²) in [5.74, 6) is 0.757. The summed E-state index contributed by atoms with van der Waals surface area (Å²) in [5.41, 5.74) is 4.42. The van der Waals surface area contributed by atoms with Crippen LogP contribution in [0.3, 0.4) is 0 Å². The van der Waals surface area contributed by atoms with Crippen LogP contribution in [0.1, 0.15) is 23.1 Å². The van der Waals surface area contributed by atoms with Crippen LogP contribution < -0.4 is 9.64 Å². The number of hydrogen-bond donors (Lipinski definition) is 0. The number of fused-ring (bicyclic) bond motifs is 1. The van der Waals surface area contributed by atoms with Gasteiger partial charge in [0, 0.05) is 39.3 Å². The minimum atomic E-state index is -0.245. The predicted octanol–water partition coefficient (Wildman–Crippen LogP) is 4.64. The van der Waals surface area contributed by atoms with Crippen molar-refractivity contribution in [2.75, 3.05) is 37.7 Å². The molecule has 5 nitrogen and oxygen atoms in total. The smallest absolute Gasteiger partial charge is 0.224 e. The summed E-state index contributed by atoms with van der Waals surface area (Å²) >= 11 is 0. The van der Waals surface area contributed by atoms with Gasteiger partial charge in [0.1, 0.15) is 18.2 Å². The van der Waals surface area contributed by atoms with Gasteiger partial charge in [-0.3, -0.25) is 9.69 Å². The average Bonchev–Trinajstić information content (AvgIpc) is 2.87. The van der Waals surface area contributed by atoms with Crippen molar-refractivity contribution < 1.29 is 13.9 Å². The van der Waals surface area contributed by atoms with E-state index in [9.17, 15) is 9.18 Å². The maximum absolute atomic E-state index is 13.5. The zero-order valence-corrected chi connectivity index (χ0v) is 20.2. The Morgan fingerprint density at radius 2 is 1.63 bits per heavy atom. The number of rotatable bonds is 6. The quantitative estimate of drug-likeness (QED) is 0.523. The molecule has 2 aliphatic heterocycles. The number of aryl methyl sites for hydroxylation is 1. The minimum Gasteiger partial charge on any atom is -0.489 e. The van der Waals surface area contributed by atoms with E-state index in [2.05, 4.69) is 46.2 Å². The fourth-order valence-electron chi connectivity index (χ4n) is 4.94. The molecule has 1 amide bonds. The van der Waals surface area contributed by atoms with Crippen LogP contribution in [0, 0.1) is 12.7 Å². The number of anilines is 1. The van der Waals surface area contributed by atoms with E-state index in [1.54, 1.807) is 0 Å². The third-order valence-electron chi connectivity index (χ3n) is 6.95. The number of piperazine rings is 1. The van der Waals surface area contributed by atoms with Crippen LogP contribution in [0.25, 0.3) is 0 Å². The van der Waals surface area contributed by atoms with Crippen LogP contribution in [0.4, 0.5) is 10.1 Å². The Balaban J connectivity index is 1.25. The normalized spacial score (nSPS) is 18.2. The Bertz CT molecular complexity index is 1140. The highest BCUT2D eigenvalue weighted by Gasteiger charge is 2.32. The number of carbonyl (C=O) groups excluding carboxylic acids is 1. The topological polar surface area (TPSA) is 36.0 Å². The van der Waals surface area contributed by atoms with Crippen molar-refractivity contribution in [3.05, 3.63) is 95.3 Å². The van der Waals surface area contributed by atoms with E-state index < -0.39 is 0 Å². The molecule has 0 bridgehead atoms. The Kier molecular flexibility index (Phi) is 7.00. The summed E-state index contributed by atoms with van der Waals surface area (Å²) in [6.07, 6.45) is 0.396. The van der Waals surface area contributed by atoms with Gasteiger partial charge in [-0.05, 0) is 47.9 Å². The van der Waals surface area contributed by atoms with E-state index in [0.717, 1.165) is 55.3 Å². The monoisotopic (exact) mass is 473 g/mol. The van der Waals surface area contributed by atoms with Crippen molar-refractivity contribution in [2.24, 2.45) is 0 Å². The van der Waals surface area contributed by atoms with Gasteiger partial charge in [0.15, 0.2) is 0 Å². The van der Waals surface area contributed by atoms with Crippen molar-refractivity contribution in [1.29, 1.82) is 0 Å². The summed E-state index contributed by atoms with van der Waals surface area (Å²) in [7, 11) is 0. The van der Waals surface area contributed by atoms with Crippen molar-refractivity contribution >= 4 is 11.6 Å². The number of benzene rings is 3. The molecular formula is C29H32FN3O2. The molecule has 0 aromatic heterocycles. The summed E-state index contributed by atoms with van der Waals surface area (Å²) in [4.78, 5) is 20.0. The van der Waals surface area contributed by atoms with Gasteiger partial charge < -0.3 is 14.5 Å². The van der Waals surface area contributed by atoms with Gasteiger partial charge in [-0.25, -0.2) is 4.39 Å². The van der Waals surface area contributed by atoms with Gasteiger partial charge in [-0.15, -0.1) is 0 Å². The molecule has 1 saturated heterocycles. The summed E-state index contributed by atoms with van der Waals surface area (Å²) < 4.78 is 19.6. The fraction of sp³-hybridized carbons (Fsp3) is 0.345. The predicted molar refractivity (Wildman–Crippen MR) is 136 cm³/mol. The number of amides is 1. The van der Waals surface area contributed by atoms with E-state index in [1.165, 1.54) is 17.7 Å². The van der Waals surface area contributed by atoms with E-state index in [4.69, 9.17) is 4.74 Å². The first-order chi connectivity index (χ1) is 17.0. The lowest BCUT2D eigenvalue weighted by Crippen LogP contribution is -2.51. The molecule has 2 heterocycles. The van der Waals surface area contributed by atoms with Crippen molar-refractivity contribution in [1.82, 2.24) is 9.80 Å². The van der Waals surface area contributed by atoms with Gasteiger partial charge in [0.05, 0.1) is 18.2 Å². The van der Waals surface area contributed by atoms with Crippen LogP contribution in [-0.2, 0) is 17.9 Å². The highest BCUT2D eigenvalue weighted by molar-refractivity contribution is 5.78. The summed E-state index contributed by atoms with van der Waals surface area (Å²) in [6, 6.07) is 23.1. The molecule has 2 aliphatic rings. The minimum absolute atomic E-state index is 0.0786. The van der Waals surface area contributed by atoms with Crippen LogP contribution in [-0.4, -0.2) is 54.5 Å². The Morgan fingerprint density at radius 3 is 2.37 bits per heavy atom. The number of carbonyl (C=O) groups is 1. The van der Waals surface area contributed by atoms with E-state index in [0.29, 0.717) is 19.6 Å². The molecule has 5 rings (SSSR count). The molecule has 0 radical (unpaired) electrons. The van der Waals surface area contributed by atoms with Gasteiger partial charge in [-0.2, -0.15) is 0 Å². The van der Waals surface area contributed by atoms with Crippen LogP contribution in [0.5, 0.6) is 5.75 Å². The summed E-state index contributed by atoms with van der Waals surface area (Å²) in [5, 5.41) is 0. The van der Waals surface area contributed by atoms with Gasteiger partial charge >= 0.3 is 0 Å². The lowest BCUT2D eigenvalue weighted by atomic mass is 10.0. The second-order valence-electron chi connectivity index (χ2n) is 9.54. The average molecular weight is 474 g/mol. The Hall–Kier alpha value is -3.38. The molecule has 182 valence electrons. The molecule has 0 spiro atoms. The molecule has 0 aliphatic carbocycles. The number of ether oxygens (including phenoxy) is 1. The van der Waals surface area contributed by atoms with E-state index in [1.807, 2.05) is 36.1 Å². The molecule has 35 heavy (non-hydrogen) atoms. The third kappa shape index (κ3) is 5.65. The lowest BCUT2D eigenvalue weighted by molar-refractivity contribution is -0.133. The molecule has 6 heteroatoms. The summed E-state index contributed by atoms with van der Waals surface area (Å²) in [6.45, 7) is 7.26. The SMILES string of the molecule is Cc1ccc2c(c1)OCC(CC(=O)N1CCN(Cc3ccccc3)CC1)N2Cc1ccc(F)cc1. The Labute approximate surface area is 206 Å². The van der Waals surface area contributed by atoms with Crippen molar-refractivity contribution in [3.8, 4) is 5.75 Å². The maximum atomic E-state index is 13.5. The zero-order chi connectivity index (χ0) is 24.2. The standard InChI is InChI=1S/C29H32FN3O2/c1-22-7-12-27-28(17-22)35-21-26(33(27)20-24-8-10-25(30)11-9-24)18-29(34)32-15-13-31(14-16-32)19-23-5-3-2-4-6-23/h2-12,17,26H,13-16,18-21H2,1H3. The second kappa shape index (κ2) is 10.5. The van der Waals surface area contributed by atoms with E-state index >= 15 is 0 Å². The molecular weight excluding hydrogens is 441 g/mol. The first kappa shape index (κ1) is 23.4. The molecule has 1 fully saturated rings. The van der Waals surface area contributed by atoms with Crippen molar-refractivity contribution in [3.63, 3.8) is 0 Å². The molecule has 0 N–H and O–H groups in total. The van der Waals surface area contributed by atoms with Gasteiger partial charge in [-0.1, -0.05) is 48.5 Å². The maximum Gasteiger partial charge on any atom is 0.224 e. The highest BCUT2D eigenvalue weighted by atomic mass is 19.1. The van der Waals surface area contributed by atoms with Crippen LogP contribution >= 0.6 is 0 Å². The molecule has 1 unspecified atom stereocenters. The first-order valence-corrected chi connectivity index (χ1v) is 12.3. The molecule has 3 aromatic carbocycles. The first-order valence-electron chi connectivity index (χ1n) is 12.3. The number of nitrogens with zero attached hydrogens (tertiary/aromatic N) is 3. The zero-order valence-electron chi connectivity index (χ0n) is 20.2. The van der Waals surface area contributed by atoms with Gasteiger partial charge in [0.25, 0.3) is 0 Å². The largest absolute Gasteiger partial charge is 0.489 e. The molecule has 0 saturated carbocycles. The van der Waals surface area contributed by atoms with Crippen molar-refractivity contribution in [2.45, 2.75) is 32.5 Å². The molecule has 1 atom stereocenters. The second-order valence-corrected chi connectivity index (χ2v) is 9.54. The van der Waals surface area contributed by atoms with Crippen LogP contribution in [0.2, 0.25) is 0 Å². The highest BCUT2D eigenvalue weighted by Crippen LogP contribution is 2.36. The number of hydrogen-bond acceptors (Lipinski definition) is 4. The van der Waals surface area contributed by atoms with Crippen LogP contribution in [0.15, 0.2) is 72.8 Å².